The van der Waals surface area contributed by atoms with Gasteiger partial charge in [0.05, 0.1) is 24.2 Å². The zero-order valence-electron chi connectivity index (χ0n) is 16.2. The lowest BCUT2D eigenvalue weighted by atomic mass is 9.94. The zero-order chi connectivity index (χ0) is 18.8. The lowest BCUT2D eigenvalue weighted by molar-refractivity contribution is 0.0524. The third kappa shape index (κ3) is 3.58. The largest absolute Gasteiger partial charge is 0.379 e. The highest BCUT2D eigenvalue weighted by Gasteiger charge is 2.34. The first-order valence-electron chi connectivity index (χ1n) is 10.4. The van der Waals surface area contributed by atoms with Crippen LogP contribution in [0.3, 0.4) is 0 Å². The van der Waals surface area contributed by atoms with Crippen LogP contribution in [-0.4, -0.2) is 41.4 Å². The number of hydrogen-bond donors (Lipinski definition) is 2. The molecule has 0 radical (unpaired) electrons. The van der Waals surface area contributed by atoms with E-state index in [0.717, 1.165) is 43.0 Å². The molecule has 0 amide bonds. The van der Waals surface area contributed by atoms with Crippen LogP contribution in [0.5, 0.6) is 0 Å². The van der Waals surface area contributed by atoms with Crippen molar-refractivity contribution in [3.05, 3.63) is 60.4 Å². The van der Waals surface area contributed by atoms with E-state index in [2.05, 4.69) is 56.6 Å². The molecular formula is C23H28N4O. The number of nitrogens with one attached hydrogen (secondary N) is 2. The van der Waals surface area contributed by atoms with Gasteiger partial charge in [0.2, 0.25) is 0 Å². The quantitative estimate of drug-likeness (QED) is 0.718. The van der Waals surface area contributed by atoms with E-state index in [9.17, 15) is 0 Å². The van der Waals surface area contributed by atoms with Gasteiger partial charge in [-0.05, 0) is 48.6 Å². The van der Waals surface area contributed by atoms with Gasteiger partial charge in [-0.25, -0.2) is 4.98 Å². The molecule has 146 valence electrons. The van der Waals surface area contributed by atoms with Crippen molar-refractivity contribution < 1.29 is 4.74 Å². The van der Waals surface area contributed by atoms with Crippen LogP contribution in [-0.2, 0) is 11.3 Å². The minimum Gasteiger partial charge on any atom is -0.379 e. The van der Waals surface area contributed by atoms with Gasteiger partial charge < -0.3 is 15.4 Å². The third-order valence-electron chi connectivity index (χ3n) is 6.27. The first-order valence-corrected chi connectivity index (χ1v) is 10.4. The molecule has 1 aliphatic heterocycles. The van der Waals surface area contributed by atoms with Crippen molar-refractivity contribution in [3.8, 4) is 5.69 Å². The summed E-state index contributed by atoms with van der Waals surface area (Å²) in [6.07, 6.45) is 5.78. The molecule has 3 atom stereocenters. The zero-order valence-corrected chi connectivity index (χ0v) is 16.2. The molecule has 1 aliphatic carbocycles. The van der Waals surface area contributed by atoms with Crippen LogP contribution < -0.4 is 10.6 Å². The molecule has 1 aromatic heterocycles. The predicted octanol–water partition coefficient (Wildman–Crippen LogP) is 3.27. The van der Waals surface area contributed by atoms with E-state index in [-0.39, 0.29) is 0 Å². The van der Waals surface area contributed by atoms with Crippen molar-refractivity contribution in [3.63, 3.8) is 0 Å². The van der Waals surface area contributed by atoms with Crippen molar-refractivity contribution >= 4 is 11.0 Å². The van der Waals surface area contributed by atoms with Crippen LogP contribution >= 0.6 is 0 Å². The van der Waals surface area contributed by atoms with E-state index >= 15 is 0 Å². The smallest absolute Gasteiger partial charge is 0.100 e. The molecule has 5 nitrogen and oxygen atoms in total. The number of fused-ring (bicyclic) bond motifs is 1. The summed E-state index contributed by atoms with van der Waals surface area (Å²) in [4.78, 5) is 4.49. The summed E-state index contributed by atoms with van der Waals surface area (Å²) in [5.41, 5.74) is 4.65. The molecule has 2 aliphatic rings. The Bertz CT molecular complexity index is 914. The molecule has 5 heteroatoms. The van der Waals surface area contributed by atoms with Crippen LogP contribution in [0.4, 0.5) is 0 Å². The topological polar surface area (TPSA) is 51.1 Å². The molecule has 2 heterocycles. The Morgan fingerprint density at radius 1 is 1.11 bits per heavy atom. The minimum atomic E-state index is 0.505. The van der Waals surface area contributed by atoms with Gasteiger partial charge in [0.1, 0.15) is 6.33 Å². The maximum absolute atomic E-state index is 5.69. The molecule has 2 N–H and O–H groups in total. The monoisotopic (exact) mass is 376 g/mol. The fraction of sp³-hybridized carbons (Fsp3) is 0.435. The first-order chi connectivity index (χ1) is 13.9. The van der Waals surface area contributed by atoms with Crippen LogP contribution in [0.15, 0.2) is 54.9 Å². The number of ether oxygens (including phenoxy) is 1. The molecule has 1 saturated heterocycles. The second-order valence-electron chi connectivity index (χ2n) is 7.99. The number of morpholine rings is 1. The first kappa shape index (κ1) is 17.9. The summed E-state index contributed by atoms with van der Waals surface area (Å²) in [5, 5.41) is 7.47. The van der Waals surface area contributed by atoms with Crippen molar-refractivity contribution in [1.29, 1.82) is 0 Å². The highest BCUT2D eigenvalue weighted by Crippen LogP contribution is 2.29. The molecule has 1 saturated carbocycles. The van der Waals surface area contributed by atoms with Gasteiger partial charge in [0, 0.05) is 30.9 Å². The summed E-state index contributed by atoms with van der Waals surface area (Å²) in [6.45, 7) is 3.61. The Balaban J connectivity index is 1.24. The van der Waals surface area contributed by atoms with Gasteiger partial charge in [0.25, 0.3) is 0 Å². The number of hydrogen-bond acceptors (Lipinski definition) is 4. The Morgan fingerprint density at radius 2 is 2.00 bits per heavy atom. The molecule has 5 rings (SSSR count). The van der Waals surface area contributed by atoms with E-state index in [0.29, 0.717) is 18.0 Å². The average Bonchev–Trinajstić information content (AvgIpc) is 3.40. The van der Waals surface area contributed by atoms with Gasteiger partial charge >= 0.3 is 0 Å². The summed E-state index contributed by atoms with van der Waals surface area (Å²) in [6, 6.07) is 18.2. The van der Waals surface area contributed by atoms with Gasteiger partial charge in [-0.15, -0.1) is 0 Å². The van der Waals surface area contributed by atoms with Crippen molar-refractivity contribution in [2.45, 2.75) is 37.9 Å². The molecule has 0 spiro atoms. The van der Waals surface area contributed by atoms with Crippen LogP contribution in [0.1, 0.15) is 24.8 Å². The highest BCUT2D eigenvalue weighted by atomic mass is 16.5. The second kappa shape index (κ2) is 8.03. The minimum absolute atomic E-state index is 0.505. The molecule has 0 bridgehead atoms. The SMILES string of the molecule is c1ccc2c(c1)ncn2-c1ccc(CNC2CCCC2C2COCCN2)cc1. The maximum Gasteiger partial charge on any atom is 0.100 e. The Hall–Kier alpha value is -2.21. The normalized spacial score (nSPS) is 25.4. The lowest BCUT2D eigenvalue weighted by Crippen LogP contribution is -2.50. The summed E-state index contributed by atoms with van der Waals surface area (Å²) >= 11 is 0. The van der Waals surface area contributed by atoms with Gasteiger partial charge in [-0.1, -0.05) is 30.7 Å². The molecule has 3 aromatic rings. The third-order valence-corrected chi connectivity index (χ3v) is 6.27. The fourth-order valence-corrected chi connectivity index (χ4v) is 4.77. The molecule has 2 fully saturated rings. The number of aromatic nitrogens is 2. The van der Waals surface area contributed by atoms with E-state index < -0.39 is 0 Å². The Kier molecular flexibility index (Phi) is 5.12. The fourth-order valence-electron chi connectivity index (χ4n) is 4.77. The standard InChI is InChI=1S/C23H28N4O/c1-2-7-23-21(5-1)26-16-27(23)18-10-8-17(9-11-18)14-25-20-6-3-4-19(20)22-15-28-13-12-24-22/h1-2,5,7-11,16,19-20,22,24-25H,3-4,6,12-15H2. The van der Waals surface area contributed by atoms with Gasteiger partial charge in [-0.2, -0.15) is 0 Å². The molecule has 3 unspecified atom stereocenters. The summed E-state index contributed by atoms with van der Waals surface area (Å²) in [7, 11) is 0. The summed E-state index contributed by atoms with van der Waals surface area (Å²) in [5.74, 6) is 0.678. The van der Waals surface area contributed by atoms with Crippen LogP contribution in [0, 0.1) is 5.92 Å². The molecule has 28 heavy (non-hydrogen) atoms. The van der Waals surface area contributed by atoms with Crippen molar-refractivity contribution in [1.82, 2.24) is 20.2 Å². The number of imidazole rings is 1. The number of nitrogens with zero attached hydrogens (tertiary/aromatic N) is 2. The van der Waals surface area contributed by atoms with Gasteiger partial charge in [-0.3, -0.25) is 4.57 Å². The van der Waals surface area contributed by atoms with Crippen LogP contribution in [0.2, 0.25) is 0 Å². The van der Waals surface area contributed by atoms with E-state index in [1.807, 2.05) is 18.5 Å². The van der Waals surface area contributed by atoms with Crippen LogP contribution in [0.25, 0.3) is 16.7 Å². The van der Waals surface area contributed by atoms with Gasteiger partial charge in [0.15, 0.2) is 0 Å². The van der Waals surface area contributed by atoms with E-state index in [1.165, 1.54) is 24.8 Å². The number of rotatable bonds is 5. The van der Waals surface area contributed by atoms with E-state index in [1.54, 1.807) is 0 Å². The molecule has 2 aromatic carbocycles. The van der Waals surface area contributed by atoms with Crippen molar-refractivity contribution in [2.75, 3.05) is 19.8 Å². The number of benzene rings is 2. The average molecular weight is 377 g/mol. The predicted molar refractivity (Wildman–Crippen MR) is 112 cm³/mol. The maximum atomic E-state index is 5.69. The summed E-state index contributed by atoms with van der Waals surface area (Å²) < 4.78 is 7.83. The van der Waals surface area contributed by atoms with Crippen molar-refractivity contribution in [2.24, 2.45) is 5.92 Å². The van der Waals surface area contributed by atoms with E-state index in [4.69, 9.17) is 4.74 Å². The Labute approximate surface area is 166 Å². The lowest BCUT2D eigenvalue weighted by Gasteiger charge is -2.33. The Morgan fingerprint density at radius 3 is 2.86 bits per heavy atom. The highest BCUT2D eigenvalue weighted by molar-refractivity contribution is 5.77. The number of para-hydroxylation sites is 2. The molecular weight excluding hydrogens is 348 g/mol. The second-order valence-corrected chi connectivity index (χ2v) is 7.99.